The molecule has 1 aliphatic heterocycles. The maximum Gasteiger partial charge on any atom is 0.416 e. The SMILES string of the molecule is O=C(O)C1CCN(C(=O)NC2CC(c3cccc(C(F)(F)F)c3)C2)CC1. The fraction of sp³-hybridized carbons (Fsp3) is 0.556. The van der Waals surface area contributed by atoms with Crippen LogP contribution in [0.5, 0.6) is 0 Å². The van der Waals surface area contributed by atoms with Crippen LogP contribution in [-0.4, -0.2) is 41.1 Å². The third-order valence-electron chi connectivity index (χ3n) is 5.28. The topological polar surface area (TPSA) is 69.6 Å². The summed E-state index contributed by atoms with van der Waals surface area (Å²) in [6.45, 7) is 0.819. The Kier molecular flexibility index (Phi) is 5.11. The molecule has 0 spiro atoms. The van der Waals surface area contributed by atoms with Gasteiger partial charge in [-0.3, -0.25) is 4.79 Å². The van der Waals surface area contributed by atoms with Gasteiger partial charge >= 0.3 is 18.2 Å². The Labute approximate surface area is 149 Å². The number of carbonyl (C=O) groups is 2. The number of alkyl halides is 3. The number of likely N-dealkylation sites (tertiary alicyclic amines) is 1. The number of carbonyl (C=O) groups excluding carboxylic acids is 1. The van der Waals surface area contributed by atoms with E-state index in [0.29, 0.717) is 44.3 Å². The first kappa shape index (κ1) is 18.5. The van der Waals surface area contributed by atoms with E-state index in [1.807, 2.05) is 0 Å². The van der Waals surface area contributed by atoms with Gasteiger partial charge in [-0.15, -0.1) is 0 Å². The van der Waals surface area contributed by atoms with Crippen molar-refractivity contribution in [3.8, 4) is 0 Å². The Morgan fingerprint density at radius 3 is 2.38 bits per heavy atom. The van der Waals surface area contributed by atoms with Crippen molar-refractivity contribution in [3.05, 3.63) is 35.4 Å². The number of hydrogen-bond acceptors (Lipinski definition) is 2. The summed E-state index contributed by atoms with van der Waals surface area (Å²) in [5, 5.41) is 11.9. The lowest BCUT2D eigenvalue weighted by Gasteiger charge is -2.38. The van der Waals surface area contributed by atoms with Crippen LogP contribution in [0.2, 0.25) is 0 Å². The van der Waals surface area contributed by atoms with Crippen molar-refractivity contribution in [2.24, 2.45) is 5.92 Å². The lowest BCUT2D eigenvalue weighted by atomic mass is 9.75. The number of amides is 2. The van der Waals surface area contributed by atoms with Crippen LogP contribution in [0, 0.1) is 5.92 Å². The highest BCUT2D eigenvalue weighted by Gasteiger charge is 2.36. The zero-order valence-corrected chi connectivity index (χ0v) is 14.1. The monoisotopic (exact) mass is 370 g/mol. The average Bonchev–Trinajstić information content (AvgIpc) is 2.57. The van der Waals surface area contributed by atoms with Crippen LogP contribution in [0.4, 0.5) is 18.0 Å². The number of carboxylic acids is 1. The third-order valence-corrected chi connectivity index (χ3v) is 5.28. The standard InChI is InChI=1S/C18H21F3N2O3/c19-18(20,21)14-3-1-2-12(8-14)13-9-15(10-13)22-17(26)23-6-4-11(5-7-23)16(24)25/h1-3,8,11,13,15H,4-7,9-10H2,(H,22,26)(H,24,25). The van der Waals surface area contributed by atoms with E-state index in [-0.39, 0.29) is 18.0 Å². The smallest absolute Gasteiger partial charge is 0.416 e. The largest absolute Gasteiger partial charge is 0.481 e. The van der Waals surface area contributed by atoms with E-state index >= 15 is 0 Å². The molecule has 1 aromatic carbocycles. The van der Waals surface area contributed by atoms with Gasteiger partial charge in [0.1, 0.15) is 0 Å². The minimum atomic E-state index is -4.35. The first-order valence-electron chi connectivity index (χ1n) is 8.69. The molecule has 2 fully saturated rings. The molecule has 2 aliphatic rings. The van der Waals surface area contributed by atoms with Crippen LogP contribution in [0.25, 0.3) is 0 Å². The van der Waals surface area contributed by atoms with Crippen molar-refractivity contribution in [3.63, 3.8) is 0 Å². The maximum atomic E-state index is 12.8. The van der Waals surface area contributed by atoms with E-state index in [9.17, 15) is 22.8 Å². The zero-order valence-electron chi connectivity index (χ0n) is 14.1. The Morgan fingerprint density at radius 2 is 1.81 bits per heavy atom. The van der Waals surface area contributed by atoms with Gasteiger partial charge in [-0.2, -0.15) is 13.2 Å². The predicted molar refractivity (Wildman–Crippen MR) is 87.7 cm³/mol. The van der Waals surface area contributed by atoms with Gasteiger partial charge in [0.25, 0.3) is 0 Å². The quantitative estimate of drug-likeness (QED) is 0.856. The molecule has 1 aliphatic carbocycles. The number of nitrogens with one attached hydrogen (secondary N) is 1. The molecule has 2 N–H and O–H groups in total. The number of rotatable bonds is 3. The van der Waals surface area contributed by atoms with Crippen LogP contribution in [0.15, 0.2) is 24.3 Å². The number of halogens is 3. The van der Waals surface area contributed by atoms with Crippen molar-refractivity contribution in [2.75, 3.05) is 13.1 Å². The molecular weight excluding hydrogens is 349 g/mol. The van der Waals surface area contributed by atoms with Crippen molar-refractivity contribution in [1.29, 1.82) is 0 Å². The van der Waals surface area contributed by atoms with E-state index < -0.39 is 23.6 Å². The number of nitrogens with zero attached hydrogens (tertiary/aromatic N) is 1. The molecule has 0 aromatic heterocycles. The van der Waals surface area contributed by atoms with Crippen LogP contribution in [0.1, 0.15) is 42.7 Å². The van der Waals surface area contributed by atoms with Gasteiger partial charge in [-0.25, -0.2) is 4.79 Å². The number of urea groups is 1. The highest BCUT2D eigenvalue weighted by Crippen LogP contribution is 2.39. The second-order valence-electron chi connectivity index (χ2n) is 7.04. The first-order chi connectivity index (χ1) is 12.2. The molecular formula is C18H21F3N2O3. The van der Waals surface area contributed by atoms with Gasteiger partial charge in [0.05, 0.1) is 11.5 Å². The van der Waals surface area contributed by atoms with E-state index in [0.717, 1.165) is 6.07 Å². The summed E-state index contributed by atoms with van der Waals surface area (Å²) in [7, 11) is 0. The molecule has 3 rings (SSSR count). The summed E-state index contributed by atoms with van der Waals surface area (Å²) in [6.07, 6.45) is -2.24. The maximum absolute atomic E-state index is 12.8. The minimum absolute atomic E-state index is 0.0142. The fourth-order valence-electron chi connectivity index (χ4n) is 3.57. The van der Waals surface area contributed by atoms with Gasteiger partial charge in [-0.1, -0.05) is 18.2 Å². The fourth-order valence-corrected chi connectivity index (χ4v) is 3.57. The van der Waals surface area contributed by atoms with Crippen LogP contribution in [0.3, 0.4) is 0 Å². The van der Waals surface area contributed by atoms with E-state index in [1.165, 1.54) is 12.1 Å². The van der Waals surface area contributed by atoms with Crippen molar-refractivity contribution in [1.82, 2.24) is 10.2 Å². The van der Waals surface area contributed by atoms with Crippen molar-refractivity contribution >= 4 is 12.0 Å². The lowest BCUT2D eigenvalue weighted by Crippen LogP contribution is -2.51. The van der Waals surface area contributed by atoms with Gasteiger partial charge in [0.15, 0.2) is 0 Å². The number of carboxylic acid groups (broad SMARTS) is 1. The van der Waals surface area contributed by atoms with E-state index in [4.69, 9.17) is 5.11 Å². The molecule has 142 valence electrons. The molecule has 1 heterocycles. The molecule has 0 radical (unpaired) electrons. The second-order valence-corrected chi connectivity index (χ2v) is 7.04. The molecule has 26 heavy (non-hydrogen) atoms. The van der Waals surface area contributed by atoms with E-state index in [1.54, 1.807) is 11.0 Å². The van der Waals surface area contributed by atoms with Crippen molar-refractivity contribution < 1.29 is 27.9 Å². The second kappa shape index (κ2) is 7.17. The van der Waals surface area contributed by atoms with Crippen LogP contribution >= 0.6 is 0 Å². The molecule has 0 unspecified atom stereocenters. The Morgan fingerprint density at radius 1 is 1.15 bits per heavy atom. The van der Waals surface area contributed by atoms with Gasteiger partial charge in [0.2, 0.25) is 0 Å². The minimum Gasteiger partial charge on any atom is -0.481 e. The highest BCUT2D eigenvalue weighted by atomic mass is 19.4. The lowest BCUT2D eigenvalue weighted by molar-refractivity contribution is -0.143. The molecule has 1 saturated heterocycles. The number of hydrogen-bond donors (Lipinski definition) is 2. The molecule has 8 heteroatoms. The molecule has 1 aromatic rings. The summed E-state index contributed by atoms with van der Waals surface area (Å²) >= 11 is 0. The normalized spacial score (nSPS) is 24.0. The zero-order chi connectivity index (χ0) is 18.9. The van der Waals surface area contributed by atoms with Gasteiger partial charge in [-0.05, 0) is 43.2 Å². The summed E-state index contributed by atoms with van der Waals surface area (Å²) in [4.78, 5) is 24.8. The van der Waals surface area contributed by atoms with Crippen LogP contribution in [-0.2, 0) is 11.0 Å². The first-order valence-corrected chi connectivity index (χ1v) is 8.69. The Bertz CT molecular complexity index is 679. The Hall–Kier alpha value is -2.25. The Balaban J connectivity index is 1.47. The summed E-state index contributed by atoms with van der Waals surface area (Å²) in [5.74, 6) is -1.21. The number of aliphatic carboxylic acids is 1. The van der Waals surface area contributed by atoms with Gasteiger partial charge in [0, 0.05) is 19.1 Å². The highest BCUT2D eigenvalue weighted by molar-refractivity contribution is 5.75. The summed E-state index contributed by atoms with van der Waals surface area (Å²) in [6, 6.07) is 5.06. The molecule has 5 nitrogen and oxygen atoms in total. The van der Waals surface area contributed by atoms with Crippen LogP contribution < -0.4 is 5.32 Å². The van der Waals surface area contributed by atoms with Gasteiger partial charge < -0.3 is 15.3 Å². The number of benzene rings is 1. The van der Waals surface area contributed by atoms with E-state index in [2.05, 4.69) is 5.32 Å². The molecule has 0 atom stereocenters. The molecule has 1 saturated carbocycles. The summed E-state index contributed by atoms with van der Waals surface area (Å²) < 4.78 is 38.4. The molecule has 2 amide bonds. The predicted octanol–water partition coefficient (Wildman–Crippen LogP) is 3.46. The summed E-state index contributed by atoms with van der Waals surface area (Å²) in [5.41, 5.74) is -0.00335. The third kappa shape index (κ3) is 4.11. The number of piperidine rings is 1. The average molecular weight is 370 g/mol. The van der Waals surface area contributed by atoms with Crippen molar-refractivity contribution in [2.45, 2.75) is 43.8 Å². The molecule has 0 bridgehead atoms.